The predicted molar refractivity (Wildman–Crippen MR) is 101 cm³/mol. The second-order valence-corrected chi connectivity index (χ2v) is 4.64. The molecule has 4 nitrogen and oxygen atoms in total. The first-order valence-corrected chi connectivity index (χ1v) is 7.46. The van der Waals surface area contributed by atoms with E-state index in [0.29, 0.717) is 6.61 Å². The maximum absolute atomic E-state index is 5.50. The first-order valence-electron chi connectivity index (χ1n) is 7.46. The number of aliphatic imine (C=N–C) groups is 1. The Morgan fingerprint density at radius 3 is 2.67 bits per heavy atom. The Hall–Kier alpha value is -0.980. The summed E-state index contributed by atoms with van der Waals surface area (Å²) in [7, 11) is 1.80. The highest BCUT2D eigenvalue weighted by Crippen LogP contribution is 2.12. The normalized spacial score (nSPS) is 10.7. The molecule has 0 aromatic heterocycles. The molecule has 0 spiro atoms. The van der Waals surface area contributed by atoms with E-state index in [0.717, 1.165) is 24.8 Å². The topological polar surface area (TPSA) is 45.7 Å². The fraction of sp³-hybridized carbons (Fsp3) is 0.562. The Morgan fingerprint density at radius 1 is 1.19 bits per heavy atom. The third-order valence-electron chi connectivity index (χ3n) is 2.97. The molecule has 0 fully saturated rings. The van der Waals surface area contributed by atoms with Gasteiger partial charge in [-0.3, -0.25) is 4.99 Å². The van der Waals surface area contributed by atoms with Gasteiger partial charge >= 0.3 is 0 Å². The molecule has 0 radical (unpaired) electrons. The number of nitrogens with one attached hydrogen (secondary N) is 2. The summed E-state index contributed by atoms with van der Waals surface area (Å²) >= 11 is 0. The molecular weight excluding hydrogens is 377 g/mol. The predicted octanol–water partition coefficient (Wildman–Crippen LogP) is 3.56. The van der Waals surface area contributed by atoms with Crippen molar-refractivity contribution in [1.82, 2.24) is 10.6 Å². The smallest absolute Gasteiger partial charge is 0.191 e. The van der Waals surface area contributed by atoms with Crippen molar-refractivity contribution in [2.45, 2.75) is 39.7 Å². The number of benzene rings is 1. The summed E-state index contributed by atoms with van der Waals surface area (Å²) in [4.78, 5) is 4.22. The third-order valence-corrected chi connectivity index (χ3v) is 2.97. The monoisotopic (exact) mass is 405 g/mol. The molecule has 0 aliphatic heterocycles. The van der Waals surface area contributed by atoms with Crippen LogP contribution in [0.15, 0.2) is 29.3 Å². The van der Waals surface area contributed by atoms with E-state index in [1.807, 2.05) is 19.1 Å². The molecule has 0 saturated carbocycles. The molecule has 5 heteroatoms. The van der Waals surface area contributed by atoms with Crippen molar-refractivity contribution in [3.63, 3.8) is 0 Å². The van der Waals surface area contributed by atoms with Gasteiger partial charge in [-0.2, -0.15) is 0 Å². The molecular formula is C16H28IN3O. The largest absolute Gasteiger partial charge is 0.494 e. The maximum atomic E-state index is 5.50. The zero-order valence-electron chi connectivity index (χ0n) is 13.3. The van der Waals surface area contributed by atoms with E-state index >= 15 is 0 Å². The van der Waals surface area contributed by atoms with Gasteiger partial charge in [-0.25, -0.2) is 0 Å². The third kappa shape index (κ3) is 8.80. The second-order valence-electron chi connectivity index (χ2n) is 4.64. The number of halogens is 1. The summed E-state index contributed by atoms with van der Waals surface area (Å²) in [6.45, 7) is 6.60. The van der Waals surface area contributed by atoms with Gasteiger partial charge in [-0.15, -0.1) is 24.0 Å². The minimum absolute atomic E-state index is 0. The molecule has 0 unspecified atom stereocenters. The number of ether oxygens (including phenoxy) is 1. The Bertz CT molecular complexity index is 410. The fourth-order valence-corrected chi connectivity index (χ4v) is 1.90. The van der Waals surface area contributed by atoms with Gasteiger partial charge in [0.15, 0.2) is 5.96 Å². The van der Waals surface area contributed by atoms with E-state index in [4.69, 9.17) is 4.74 Å². The average Bonchev–Trinajstić information content (AvgIpc) is 2.47. The highest BCUT2D eigenvalue weighted by molar-refractivity contribution is 14.0. The Balaban J connectivity index is 0.00000400. The van der Waals surface area contributed by atoms with E-state index in [-0.39, 0.29) is 24.0 Å². The highest BCUT2D eigenvalue weighted by atomic mass is 127. The first kappa shape index (κ1) is 20.0. The Morgan fingerprint density at radius 2 is 2.00 bits per heavy atom. The number of nitrogens with zero attached hydrogens (tertiary/aromatic N) is 1. The minimum atomic E-state index is 0. The van der Waals surface area contributed by atoms with Gasteiger partial charge in [0.25, 0.3) is 0 Å². The summed E-state index contributed by atoms with van der Waals surface area (Å²) in [6.07, 6.45) is 3.66. The first-order chi connectivity index (χ1) is 9.80. The molecule has 21 heavy (non-hydrogen) atoms. The summed E-state index contributed by atoms with van der Waals surface area (Å²) in [5, 5.41) is 6.64. The SMILES string of the molecule is CCCCCNC(=NC)NCc1cccc(OCC)c1.I. The molecule has 0 bridgehead atoms. The van der Waals surface area contributed by atoms with Gasteiger partial charge in [0.1, 0.15) is 5.75 Å². The van der Waals surface area contributed by atoms with Crippen LogP contribution in [0.5, 0.6) is 5.75 Å². The Labute approximate surface area is 145 Å². The van der Waals surface area contributed by atoms with Gasteiger partial charge in [0, 0.05) is 20.1 Å². The van der Waals surface area contributed by atoms with Gasteiger partial charge in [-0.05, 0) is 31.0 Å². The van der Waals surface area contributed by atoms with Crippen LogP contribution in [0.25, 0.3) is 0 Å². The number of rotatable bonds is 8. The van der Waals surface area contributed by atoms with Crippen molar-refractivity contribution < 1.29 is 4.74 Å². The van der Waals surface area contributed by atoms with E-state index in [1.165, 1.54) is 24.8 Å². The van der Waals surface area contributed by atoms with Crippen molar-refractivity contribution in [3.8, 4) is 5.75 Å². The van der Waals surface area contributed by atoms with E-state index in [1.54, 1.807) is 7.05 Å². The average molecular weight is 405 g/mol. The maximum Gasteiger partial charge on any atom is 0.191 e. The van der Waals surface area contributed by atoms with Crippen LogP contribution in [0.3, 0.4) is 0 Å². The standard InChI is InChI=1S/C16H27N3O.HI/c1-4-6-7-11-18-16(17-3)19-13-14-9-8-10-15(12-14)20-5-2;/h8-10,12H,4-7,11,13H2,1-3H3,(H2,17,18,19);1H. The summed E-state index contributed by atoms with van der Waals surface area (Å²) in [5.74, 6) is 1.76. The van der Waals surface area contributed by atoms with Crippen LogP contribution in [-0.2, 0) is 6.54 Å². The van der Waals surface area contributed by atoms with Crippen LogP contribution in [0.2, 0.25) is 0 Å². The van der Waals surface area contributed by atoms with Gasteiger partial charge in [0.05, 0.1) is 6.61 Å². The van der Waals surface area contributed by atoms with Crippen molar-refractivity contribution in [1.29, 1.82) is 0 Å². The van der Waals surface area contributed by atoms with Gasteiger partial charge < -0.3 is 15.4 Å². The lowest BCUT2D eigenvalue weighted by Gasteiger charge is -2.12. The number of hydrogen-bond donors (Lipinski definition) is 2. The lowest BCUT2D eigenvalue weighted by atomic mass is 10.2. The van der Waals surface area contributed by atoms with Crippen LogP contribution >= 0.6 is 24.0 Å². The summed E-state index contributed by atoms with van der Waals surface area (Å²) in [5.41, 5.74) is 1.19. The molecule has 1 aromatic carbocycles. The fourth-order valence-electron chi connectivity index (χ4n) is 1.90. The molecule has 0 aliphatic carbocycles. The summed E-state index contributed by atoms with van der Waals surface area (Å²) < 4.78 is 5.50. The number of hydrogen-bond acceptors (Lipinski definition) is 2. The van der Waals surface area contributed by atoms with Gasteiger partial charge in [-0.1, -0.05) is 31.9 Å². The number of guanidine groups is 1. The van der Waals surface area contributed by atoms with Crippen LogP contribution in [0.1, 0.15) is 38.7 Å². The molecule has 0 heterocycles. The van der Waals surface area contributed by atoms with E-state index < -0.39 is 0 Å². The van der Waals surface area contributed by atoms with Crippen LogP contribution in [0.4, 0.5) is 0 Å². The molecule has 0 aliphatic rings. The Kier molecular flexibility index (Phi) is 12.1. The zero-order chi connectivity index (χ0) is 14.6. The lowest BCUT2D eigenvalue weighted by molar-refractivity contribution is 0.340. The molecule has 0 saturated heterocycles. The van der Waals surface area contributed by atoms with Gasteiger partial charge in [0.2, 0.25) is 0 Å². The van der Waals surface area contributed by atoms with Crippen molar-refractivity contribution in [2.75, 3.05) is 20.2 Å². The van der Waals surface area contributed by atoms with E-state index in [9.17, 15) is 0 Å². The van der Waals surface area contributed by atoms with Crippen molar-refractivity contribution in [2.24, 2.45) is 4.99 Å². The van der Waals surface area contributed by atoms with Crippen LogP contribution < -0.4 is 15.4 Å². The molecule has 1 aromatic rings. The van der Waals surface area contributed by atoms with Crippen LogP contribution in [0, 0.1) is 0 Å². The van der Waals surface area contributed by atoms with E-state index in [2.05, 4.69) is 34.7 Å². The highest BCUT2D eigenvalue weighted by Gasteiger charge is 1.99. The quantitative estimate of drug-likeness (QED) is 0.301. The zero-order valence-corrected chi connectivity index (χ0v) is 15.6. The molecule has 2 N–H and O–H groups in total. The molecule has 0 atom stereocenters. The molecule has 1 rings (SSSR count). The molecule has 120 valence electrons. The number of unbranched alkanes of at least 4 members (excludes halogenated alkanes) is 2. The minimum Gasteiger partial charge on any atom is -0.494 e. The van der Waals surface area contributed by atoms with Crippen LogP contribution in [-0.4, -0.2) is 26.2 Å². The van der Waals surface area contributed by atoms with Crippen molar-refractivity contribution in [3.05, 3.63) is 29.8 Å². The molecule has 0 amide bonds. The summed E-state index contributed by atoms with van der Waals surface area (Å²) in [6, 6.07) is 8.13. The lowest BCUT2D eigenvalue weighted by Crippen LogP contribution is -2.37. The van der Waals surface area contributed by atoms with Crippen molar-refractivity contribution >= 4 is 29.9 Å². The second kappa shape index (κ2) is 12.7.